The van der Waals surface area contributed by atoms with Crippen LogP contribution in [0.4, 0.5) is 10.1 Å². The number of anilines is 1. The molecule has 1 saturated carbocycles. The lowest BCUT2D eigenvalue weighted by molar-refractivity contribution is -0.127. The predicted molar refractivity (Wildman–Crippen MR) is 78.9 cm³/mol. The smallest absolute Gasteiger partial charge is 0.231 e. The molecule has 1 fully saturated rings. The van der Waals surface area contributed by atoms with E-state index in [1.54, 1.807) is 19.1 Å². The van der Waals surface area contributed by atoms with Crippen LogP contribution in [0, 0.1) is 24.1 Å². The first kappa shape index (κ1) is 15.0. The number of carbonyl (C=O) groups is 1. The molecule has 1 aromatic carbocycles. The monoisotopic (exact) mass is 278 g/mol. The molecular formula is C16H23FN2O. The first-order valence-corrected chi connectivity index (χ1v) is 7.24. The van der Waals surface area contributed by atoms with Crippen LogP contribution in [-0.4, -0.2) is 12.5 Å². The van der Waals surface area contributed by atoms with Crippen LogP contribution in [0.5, 0.6) is 0 Å². The molecule has 20 heavy (non-hydrogen) atoms. The number of halogens is 1. The van der Waals surface area contributed by atoms with Gasteiger partial charge in [-0.05, 0) is 62.3 Å². The molecule has 0 radical (unpaired) electrons. The van der Waals surface area contributed by atoms with Crippen LogP contribution in [0.15, 0.2) is 18.2 Å². The number of carbonyl (C=O) groups excluding carboxylic acids is 1. The van der Waals surface area contributed by atoms with Crippen molar-refractivity contribution in [1.29, 1.82) is 0 Å². The fraction of sp³-hybridized carbons (Fsp3) is 0.562. The van der Waals surface area contributed by atoms with E-state index in [0.717, 1.165) is 25.7 Å². The molecule has 1 aliphatic carbocycles. The number of hydrogen-bond acceptors (Lipinski definition) is 2. The molecule has 0 unspecified atom stereocenters. The number of amides is 1. The summed E-state index contributed by atoms with van der Waals surface area (Å²) in [5, 5.41) is 2.90. The lowest BCUT2D eigenvalue weighted by Gasteiger charge is -2.37. The minimum absolute atomic E-state index is 0.0297. The van der Waals surface area contributed by atoms with Gasteiger partial charge in [-0.3, -0.25) is 4.79 Å². The second kappa shape index (κ2) is 5.92. The van der Waals surface area contributed by atoms with Crippen LogP contribution >= 0.6 is 0 Å². The van der Waals surface area contributed by atoms with E-state index in [1.807, 2.05) is 0 Å². The Labute approximate surface area is 119 Å². The molecule has 3 nitrogen and oxygen atoms in total. The van der Waals surface area contributed by atoms with Gasteiger partial charge < -0.3 is 11.1 Å². The van der Waals surface area contributed by atoms with Crippen molar-refractivity contribution in [1.82, 2.24) is 0 Å². The van der Waals surface area contributed by atoms with Crippen molar-refractivity contribution in [2.75, 3.05) is 11.9 Å². The Morgan fingerprint density at radius 2 is 2.10 bits per heavy atom. The van der Waals surface area contributed by atoms with E-state index >= 15 is 0 Å². The molecule has 3 N–H and O–H groups in total. The molecule has 4 heteroatoms. The van der Waals surface area contributed by atoms with E-state index in [2.05, 4.69) is 12.2 Å². The summed E-state index contributed by atoms with van der Waals surface area (Å²) in [6.45, 7) is 4.26. The van der Waals surface area contributed by atoms with Crippen LogP contribution in [-0.2, 0) is 4.79 Å². The summed E-state index contributed by atoms with van der Waals surface area (Å²) >= 11 is 0. The van der Waals surface area contributed by atoms with Gasteiger partial charge in [-0.15, -0.1) is 0 Å². The van der Waals surface area contributed by atoms with E-state index < -0.39 is 5.41 Å². The Morgan fingerprint density at radius 3 is 2.65 bits per heavy atom. The highest BCUT2D eigenvalue weighted by Crippen LogP contribution is 2.39. The van der Waals surface area contributed by atoms with Crippen molar-refractivity contribution in [2.24, 2.45) is 17.1 Å². The summed E-state index contributed by atoms with van der Waals surface area (Å²) in [6.07, 6.45) is 3.73. The third-order valence-corrected chi connectivity index (χ3v) is 4.52. The van der Waals surface area contributed by atoms with Crippen LogP contribution in [0.3, 0.4) is 0 Å². The highest BCUT2D eigenvalue weighted by atomic mass is 19.1. The lowest BCUT2D eigenvalue weighted by Crippen LogP contribution is -2.44. The fourth-order valence-electron chi connectivity index (χ4n) is 2.82. The normalized spacial score (nSPS) is 26.3. The molecule has 1 aliphatic rings. The van der Waals surface area contributed by atoms with Crippen molar-refractivity contribution in [3.8, 4) is 0 Å². The van der Waals surface area contributed by atoms with Crippen LogP contribution in [0.2, 0.25) is 0 Å². The van der Waals surface area contributed by atoms with Crippen molar-refractivity contribution in [3.63, 3.8) is 0 Å². The number of hydrogen-bond donors (Lipinski definition) is 2. The average Bonchev–Trinajstić information content (AvgIpc) is 2.44. The maximum Gasteiger partial charge on any atom is 0.231 e. The molecule has 0 spiro atoms. The van der Waals surface area contributed by atoms with Gasteiger partial charge in [0.25, 0.3) is 0 Å². The molecule has 0 aliphatic heterocycles. The first-order valence-electron chi connectivity index (χ1n) is 7.24. The van der Waals surface area contributed by atoms with E-state index in [4.69, 9.17) is 5.73 Å². The molecule has 0 bridgehead atoms. The highest BCUT2D eigenvalue weighted by molar-refractivity contribution is 5.95. The van der Waals surface area contributed by atoms with Gasteiger partial charge in [0, 0.05) is 12.2 Å². The SMILES string of the molecule is Cc1cc(NC(=O)C2(CN)CCC(C)CC2)ccc1F. The molecule has 0 heterocycles. The van der Waals surface area contributed by atoms with Gasteiger partial charge in [-0.1, -0.05) is 6.92 Å². The molecule has 110 valence electrons. The van der Waals surface area contributed by atoms with Gasteiger partial charge in [-0.25, -0.2) is 4.39 Å². The van der Waals surface area contributed by atoms with Gasteiger partial charge >= 0.3 is 0 Å². The van der Waals surface area contributed by atoms with Crippen LogP contribution in [0.25, 0.3) is 0 Å². The van der Waals surface area contributed by atoms with E-state index in [9.17, 15) is 9.18 Å². The van der Waals surface area contributed by atoms with Crippen LogP contribution in [0.1, 0.15) is 38.2 Å². The first-order chi connectivity index (χ1) is 9.47. The average molecular weight is 278 g/mol. The third kappa shape index (κ3) is 3.01. The summed E-state index contributed by atoms with van der Waals surface area (Å²) < 4.78 is 13.2. The van der Waals surface area contributed by atoms with Gasteiger partial charge in [0.15, 0.2) is 0 Å². The van der Waals surface area contributed by atoms with E-state index in [1.165, 1.54) is 6.07 Å². The van der Waals surface area contributed by atoms with Crippen molar-refractivity contribution < 1.29 is 9.18 Å². The second-order valence-corrected chi connectivity index (χ2v) is 6.09. The maximum absolute atomic E-state index is 13.2. The molecule has 1 aromatic rings. The predicted octanol–water partition coefficient (Wildman–Crippen LogP) is 3.23. The Morgan fingerprint density at radius 1 is 1.45 bits per heavy atom. The van der Waals surface area contributed by atoms with Gasteiger partial charge in [0.1, 0.15) is 5.82 Å². The Kier molecular flexibility index (Phi) is 4.43. The largest absolute Gasteiger partial charge is 0.329 e. The molecule has 0 aromatic heterocycles. The number of rotatable bonds is 3. The minimum atomic E-state index is -0.463. The summed E-state index contributed by atoms with van der Waals surface area (Å²) in [5.74, 6) is 0.372. The van der Waals surface area contributed by atoms with Crippen molar-refractivity contribution in [3.05, 3.63) is 29.6 Å². The lowest BCUT2D eigenvalue weighted by atomic mass is 9.70. The number of nitrogens with two attached hydrogens (primary N) is 1. The Balaban J connectivity index is 2.11. The molecule has 2 rings (SSSR count). The second-order valence-electron chi connectivity index (χ2n) is 6.09. The standard InChI is InChI=1S/C16H23FN2O/c1-11-5-7-16(10-18,8-6-11)15(20)19-13-3-4-14(17)12(2)9-13/h3-4,9,11H,5-8,10,18H2,1-2H3,(H,19,20). The minimum Gasteiger partial charge on any atom is -0.329 e. The summed E-state index contributed by atoms with van der Waals surface area (Å²) in [7, 11) is 0. The number of benzene rings is 1. The third-order valence-electron chi connectivity index (χ3n) is 4.52. The van der Waals surface area contributed by atoms with Crippen molar-refractivity contribution >= 4 is 11.6 Å². The molecular weight excluding hydrogens is 255 g/mol. The zero-order chi connectivity index (χ0) is 14.8. The quantitative estimate of drug-likeness (QED) is 0.892. The molecule has 1 amide bonds. The number of nitrogens with one attached hydrogen (secondary N) is 1. The van der Waals surface area contributed by atoms with Crippen molar-refractivity contribution in [2.45, 2.75) is 39.5 Å². The highest BCUT2D eigenvalue weighted by Gasteiger charge is 2.39. The zero-order valence-corrected chi connectivity index (χ0v) is 12.2. The van der Waals surface area contributed by atoms with E-state index in [-0.39, 0.29) is 11.7 Å². The fourth-order valence-corrected chi connectivity index (χ4v) is 2.82. The zero-order valence-electron chi connectivity index (χ0n) is 12.2. The molecule has 0 atom stereocenters. The topological polar surface area (TPSA) is 55.1 Å². The summed E-state index contributed by atoms with van der Waals surface area (Å²) in [4.78, 5) is 12.5. The maximum atomic E-state index is 13.2. The Hall–Kier alpha value is -1.42. The van der Waals surface area contributed by atoms with Gasteiger partial charge in [0.2, 0.25) is 5.91 Å². The van der Waals surface area contributed by atoms with E-state index in [0.29, 0.717) is 23.7 Å². The van der Waals surface area contributed by atoms with Gasteiger partial charge in [0.05, 0.1) is 5.41 Å². The summed E-state index contributed by atoms with van der Waals surface area (Å²) in [6, 6.07) is 4.63. The van der Waals surface area contributed by atoms with Crippen LogP contribution < -0.4 is 11.1 Å². The summed E-state index contributed by atoms with van der Waals surface area (Å²) in [5.41, 5.74) is 6.58. The van der Waals surface area contributed by atoms with Gasteiger partial charge in [-0.2, -0.15) is 0 Å². The Bertz CT molecular complexity index is 493. The molecule has 0 saturated heterocycles. The number of aryl methyl sites for hydroxylation is 1.